The Hall–Kier alpha value is -6.16. The normalized spacial score (nSPS) is 15.3. The van der Waals surface area contributed by atoms with E-state index in [2.05, 4.69) is 26.6 Å². The lowest BCUT2D eigenvalue weighted by atomic mass is 9.98. The first-order valence-corrected chi connectivity index (χ1v) is 27.7. The lowest BCUT2D eigenvalue weighted by molar-refractivity contribution is -0.148. The number of hydrogen-bond acceptors (Lipinski definition) is 12. The summed E-state index contributed by atoms with van der Waals surface area (Å²) in [6.45, 7) is 21.8. The summed E-state index contributed by atoms with van der Waals surface area (Å²) in [5.41, 5.74) is 0.0203. The van der Waals surface area contributed by atoms with E-state index in [1.807, 2.05) is 26.8 Å². The van der Waals surface area contributed by atoms with Crippen molar-refractivity contribution in [2.75, 3.05) is 48.9 Å². The number of carbonyl (C=O) groups excluding carboxylic acids is 10. The Labute approximate surface area is 470 Å². The highest BCUT2D eigenvalue weighted by Gasteiger charge is 2.40. The fraction of sp³-hybridized carbons (Fsp3) is 0.719. The van der Waals surface area contributed by atoms with E-state index in [0.717, 1.165) is 19.3 Å². The highest BCUT2D eigenvalue weighted by Crippen LogP contribution is 2.19. The average Bonchev–Trinajstić information content (AvgIpc) is 3.38. The highest BCUT2D eigenvalue weighted by atomic mass is 16.5. The third-order valence-electron chi connectivity index (χ3n) is 14.1. The molecule has 22 nitrogen and oxygen atoms in total. The van der Waals surface area contributed by atoms with Crippen molar-refractivity contribution in [3.05, 3.63) is 35.9 Å². The molecule has 22 heteroatoms. The second-order valence-corrected chi connectivity index (χ2v) is 22.7. The van der Waals surface area contributed by atoms with Crippen LogP contribution in [-0.2, 0) is 59.1 Å². The number of carbonyl (C=O) groups is 10. The molecule has 10 amide bonds. The standard InChI is InChI=1S/C57H98N10O12/c1-20-21-22-26-29-42(55(77)66(18)44(30-34(2)3)51(73)62-47(39(9)68)52(74)58-14)60-50(72)45(32-41-27-24-23-25-28-41)65(17)54(76)38(8)64(16)46(70)31-36(6)59-53(75)48(35(4)5)67(19)56(78)43(33-79-57(11,12)13)61-49(71)37(7)63(15)40(10)69/h23-25,27-28,34-39,42-45,47-48,68H,20-22,26,29-33H2,1-19H3,(H,58,74)(H,59,75)(H,60,72)(H,61,71)(H,62,73)/t36-,37+,38+,39-,42+,43+,44+,45+,47+,48+/m1/s1. The van der Waals surface area contributed by atoms with Crippen LogP contribution < -0.4 is 26.6 Å². The van der Waals surface area contributed by atoms with Crippen molar-refractivity contribution < 1.29 is 57.8 Å². The first-order valence-electron chi connectivity index (χ1n) is 27.7. The van der Waals surface area contributed by atoms with E-state index in [0.29, 0.717) is 12.0 Å². The van der Waals surface area contributed by atoms with Crippen LogP contribution in [0.1, 0.15) is 141 Å². The van der Waals surface area contributed by atoms with Gasteiger partial charge in [0, 0.05) is 68.1 Å². The minimum absolute atomic E-state index is 0.0363. The number of hydrogen-bond donors (Lipinski definition) is 6. The Kier molecular flexibility index (Phi) is 30.0. The smallest absolute Gasteiger partial charge is 0.247 e. The van der Waals surface area contributed by atoms with Crippen LogP contribution in [0.4, 0.5) is 0 Å². The largest absolute Gasteiger partial charge is 0.391 e. The lowest BCUT2D eigenvalue weighted by Gasteiger charge is -2.36. The van der Waals surface area contributed by atoms with Crippen molar-refractivity contribution in [2.24, 2.45) is 11.8 Å². The molecular weight excluding hydrogens is 1020 g/mol. The summed E-state index contributed by atoms with van der Waals surface area (Å²) in [7, 11) is 8.63. The summed E-state index contributed by atoms with van der Waals surface area (Å²) in [4.78, 5) is 144. The summed E-state index contributed by atoms with van der Waals surface area (Å²) < 4.78 is 5.91. The minimum atomic E-state index is -1.29. The maximum absolute atomic E-state index is 14.7. The molecule has 1 aromatic rings. The number of ether oxygens (including phenoxy) is 1. The van der Waals surface area contributed by atoms with E-state index in [1.165, 1.54) is 94.5 Å². The summed E-state index contributed by atoms with van der Waals surface area (Å²) in [6.07, 6.45) is 2.06. The number of amides is 10. The van der Waals surface area contributed by atoms with Gasteiger partial charge in [0.2, 0.25) is 59.1 Å². The summed E-state index contributed by atoms with van der Waals surface area (Å²) in [5.74, 6) is -6.25. The van der Waals surface area contributed by atoms with Crippen LogP contribution in [0.5, 0.6) is 0 Å². The molecule has 448 valence electrons. The summed E-state index contributed by atoms with van der Waals surface area (Å²) >= 11 is 0. The third kappa shape index (κ3) is 22.8. The quantitative estimate of drug-likeness (QED) is 0.0568. The first-order chi connectivity index (χ1) is 36.6. The van der Waals surface area contributed by atoms with Gasteiger partial charge in [-0.3, -0.25) is 47.9 Å². The minimum Gasteiger partial charge on any atom is -0.391 e. The molecule has 0 aromatic heterocycles. The van der Waals surface area contributed by atoms with Crippen LogP contribution in [0.2, 0.25) is 0 Å². The van der Waals surface area contributed by atoms with Crippen molar-refractivity contribution in [2.45, 2.75) is 207 Å². The second kappa shape index (κ2) is 33.4. The number of likely N-dealkylation sites (N-methyl/N-ethyl adjacent to an activating group) is 6. The van der Waals surface area contributed by atoms with E-state index in [4.69, 9.17) is 4.74 Å². The topological polar surface area (TPSA) is 277 Å². The maximum atomic E-state index is 14.7. The fourth-order valence-corrected chi connectivity index (χ4v) is 8.81. The number of nitrogens with one attached hydrogen (secondary N) is 5. The van der Waals surface area contributed by atoms with Crippen molar-refractivity contribution in [1.82, 2.24) is 51.1 Å². The van der Waals surface area contributed by atoms with Gasteiger partial charge in [0.1, 0.15) is 48.3 Å². The highest BCUT2D eigenvalue weighted by molar-refractivity contribution is 5.97. The van der Waals surface area contributed by atoms with Crippen LogP contribution in [0.25, 0.3) is 0 Å². The van der Waals surface area contributed by atoms with E-state index in [9.17, 15) is 53.1 Å². The van der Waals surface area contributed by atoms with Gasteiger partial charge in [-0.25, -0.2) is 0 Å². The number of nitrogens with zero attached hydrogens (tertiary/aromatic N) is 5. The zero-order valence-electron chi connectivity index (χ0n) is 50.9. The Morgan fingerprint density at radius 2 is 1.15 bits per heavy atom. The van der Waals surface area contributed by atoms with E-state index >= 15 is 0 Å². The van der Waals surface area contributed by atoms with Crippen molar-refractivity contribution in [3.63, 3.8) is 0 Å². The van der Waals surface area contributed by atoms with Crippen LogP contribution in [0.3, 0.4) is 0 Å². The molecule has 0 aliphatic carbocycles. The number of benzene rings is 1. The molecule has 0 saturated heterocycles. The molecular formula is C57H98N10O12. The van der Waals surface area contributed by atoms with Gasteiger partial charge in [0.25, 0.3) is 0 Å². The maximum Gasteiger partial charge on any atom is 0.247 e. The summed E-state index contributed by atoms with van der Waals surface area (Å²) in [5, 5.41) is 23.8. The second-order valence-electron chi connectivity index (χ2n) is 22.7. The molecule has 0 unspecified atom stereocenters. The molecule has 0 heterocycles. The number of rotatable bonds is 32. The number of unbranched alkanes of at least 4 members (excludes halogenated alkanes) is 3. The Morgan fingerprint density at radius 1 is 0.608 bits per heavy atom. The van der Waals surface area contributed by atoms with Gasteiger partial charge in [-0.1, -0.05) is 90.6 Å². The Bertz CT molecular complexity index is 2190. The zero-order valence-corrected chi connectivity index (χ0v) is 50.9. The molecule has 6 N–H and O–H groups in total. The van der Waals surface area contributed by atoms with E-state index in [1.54, 1.807) is 65.8 Å². The van der Waals surface area contributed by atoms with Gasteiger partial charge in [0.15, 0.2) is 0 Å². The molecule has 0 aliphatic rings. The van der Waals surface area contributed by atoms with Crippen LogP contribution in [0.15, 0.2) is 30.3 Å². The van der Waals surface area contributed by atoms with Gasteiger partial charge in [-0.15, -0.1) is 0 Å². The SMILES string of the molecule is CCCCCC[C@H](NC(=O)[C@H](Cc1ccccc1)N(C)C(=O)[C@H](C)N(C)C(=O)C[C@@H](C)NC(=O)[C@H](C(C)C)N(C)C(=O)[C@H](COC(C)(C)C)NC(=O)[C@H](C)N(C)C(C)=O)C(=O)N(C)[C@@H](CC(C)C)C(=O)N[C@H](C(=O)NC)[C@@H](C)O. The van der Waals surface area contributed by atoms with Crippen LogP contribution >= 0.6 is 0 Å². The Morgan fingerprint density at radius 3 is 1.66 bits per heavy atom. The molecule has 1 rings (SSSR count). The lowest BCUT2D eigenvalue weighted by Crippen LogP contribution is -2.60. The first kappa shape index (κ1) is 70.9. The zero-order chi connectivity index (χ0) is 60.8. The van der Waals surface area contributed by atoms with Crippen LogP contribution in [0, 0.1) is 11.8 Å². The predicted molar refractivity (Wildman–Crippen MR) is 302 cm³/mol. The van der Waals surface area contributed by atoms with Crippen molar-refractivity contribution >= 4 is 59.1 Å². The number of aliphatic hydroxyl groups is 1. The molecule has 0 saturated carbocycles. The van der Waals surface area contributed by atoms with Gasteiger partial charge < -0.3 is 60.9 Å². The fourth-order valence-electron chi connectivity index (χ4n) is 8.81. The van der Waals surface area contributed by atoms with E-state index < -0.39 is 125 Å². The molecule has 79 heavy (non-hydrogen) atoms. The van der Waals surface area contributed by atoms with E-state index in [-0.39, 0.29) is 44.1 Å². The van der Waals surface area contributed by atoms with Gasteiger partial charge in [-0.2, -0.15) is 0 Å². The molecule has 0 fully saturated rings. The van der Waals surface area contributed by atoms with Crippen molar-refractivity contribution in [3.8, 4) is 0 Å². The molecule has 10 atom stereocenters. The van der Waals surface area contributed by atoms with Crippen LogP contribution in [-0.4, -0.2) is 204 Å². The molecule has 0 bridgehead atoms. The van der Waals surface area contributed by atoms with Crippen molar-refractivity contribution in [1.29, 1.82) is 0 Å². The third-order valence-corrected chi connectivity index (χ3v) is 14.1. The predicted octanol–water partition coefficient (Wildman–Crippen LogP) is 2.39. The molecule has 0 spiro atoms. The average molecular weight is 1120 g/mol. The molecule has 1 aromatic carbocycles. The number of aliphatic hydroxyl groups excluding tert-OH is 1. The molecule has 0 radical (unpaired) electrons. The Balaban J connectivity index is 3.48. The molecule has 0 aliphatic heterocycles. The van der Waals surface area contributed by atoms with Gasteiger partial charge >= 0.3 is 0 Å². The monoisotopic (exact) mass is 1110 g/mol. The summed E-state index contributed by atoms with van der Waals surface area (Å²) in [6, 6.07) is -0.799. The van der Waals surface area contributed by atoms with Gasteiger partial charge in [0.05, 0.1) is 18.3 Å². The van der Waals surface area contributed by atoms with Gasteiger partial charge in [-0.05, 0) is 78.7 Å².